The molecule has 2 aromatic rings. The molecule has 0 aliphatic heterocycles. The SMILES string of the molecule is Cc1nnc(SC(CN)c2ccccc2F)s1. The summed E-state index contributed by atoms with van der Waals surface area (Å²) in [6, 6.07) is 6.69. The molecule has 0 spiro atoms. The Bertz CT molecular complexity index is 501. The third kappa shape index (κ3) is 3.02. The van der Waals surface area contributed by atoms with E-state index in [1.54, 1.807) is 12.1 Å². The van der Waals surface area contributed by atoms with Crippen LogP contribution in [0, 0.1) is 12.7 Å². The molecular weight excluding hydrogens is 257 g/mol. The van der Waals surface area contributed by atoms with Gasteiger partial charge in [0.25, 0.3) is 0 Å². The number of nitrogens with two attached hydrogens (primary N) is 1. The Morgan fingerprint density at radius 3 is 2.76 bits per heavy atom. The van der Waals surface area contributed by atoms with Crippen LogP contribution < -0.4 is 5.73 Å². The van der Waals surface area contributed by atoms with Crippen LogP contribution in [0.2, 0.25) is 0 Å². The average Bonchev–Trinajstić information content (AvgIpc) is 2.73. The van der Waals surface area contributed by atoms with E-state index in [1.165, 1.54) is 29.2 Å². The Morgan fingerprint density at radius 2 is 2.18 bits per heavy atom. The normalized spacial score (nSPS) is 12.6. The van der Waals surface area contributed by atoms with E-state index >= 15 is 0 Å². The van der Waals surface area contributed by atoms with Gasteiger partial charge >= 0.3 is 0 Å². The first-order chi connectivity index (χ1) is 8.20. The molecule has 90 valence electrons. The van der Waals surface area contributed by atoms with E-state index in [2.05, 4.69) is 10.2 Å². The van der Waals surface area contributed by atoms with Gasteiger partial charge in [0.15, 0.2) is 4.34 Å². The topological polar surface area (TPSA) is 51.8 Å². The summed E-state index contributed by atoms with van der Waals surface area (Å²) in [5.74, 6) is -0.225. The zero-order valence-electron chi connectivity index (χ0n) is 9.26. The van der Waals surface area contributed by atoms with Gasteiger partial charge in [-0.3, -0.25) is 0 Å². The van der Waals surface area contributed by atoms with Gasteiger partial charge in [0.2, 0.25) is 0 Å². The summed E-state index contributed by atoms with van der Waals surface area (Å²) >= 11 is 2.95. The van der Waals surface area contributed by atoms with Gasteiger partial charge in [0, 0.05) is 12.1 Å². The highest BCUT2D eigenvalue weighted by atomic mass is 32.2. The summed E-state index contributed by atoms with van der Waals surface area (Å²) in [5.41, 5.74) is 6.32. The van der Waals surface area contributed by atoms with Crippen molar-refractivity contribution in [3.8, 4) is 0 Å². The second-order valence-electron chi connectivity index (χ2n) is 3.45. The highest BCUT2D eigenvalue weighted by Gasteiger charge is 2.17. The van der Waals surface area contributed by atoms with Crippen LogP contribution in [0.5, 0.6) is 0 Å². The van der Waals surface area contributed by atoms with Crippen LogP contribution in [0.4, 0.5) is 4.39 Å². The van der Waals surface area contributed by atoms with Crippen LogP contribution in [0.15, 0.2) is 28.6 Å². The molecule has 0 bridgehead atoms. The predicted molar refractivity (Wildman–Crippen MR) is 68.7 cm³/mol. The van der Waals surface area contributed by atoms with Crippen molar-refractivity contribution in [2.45, 2.75) is 16.5 Å². The van der Waals surface area contributed by atoms with E-state index in [4.69, 9.17) is 5.73 Å². The smallest absolute Gasteiger partial charge is 0.174 e. The fourth-order valence-electron chi connectivity index (χ4n) is 1.42. The molecule has 1 atom stereocenters. The van der Waals surface area contributed by atoms with Crippen LogP contribution in [-0.4, -0.2) is 16.7 Å². The fraction of sp³-hybridized carbons (Fsp3) is 0.273. The highest BCUT2D eigenvalue weighted by Crippen LogP contribution is 2.36. The van der Waals surface area contributed by atoms with E-state index in [9.17, 15) is 4.39 Å². The molecule has 0 aliphatic rings. The predicted octanol–water partition coefficient (Wildman–Crippen LogP) is 2.78. The van der Waals surface area contributed by atoms with Crippen LogP contribution in [0.25, 0.3) is 0 Å². The van der Waals surface area contributed by atoms with E-state index in [0.717, 1.165) is 9.35 Å². The summed E-state index contributed by atoms with van der Waals surface area (Å²) in [6.07, 6.45) is 0. The van der Waals surface area contributed by atoms with Crippen LogP contribution in [0.3, 0.4) is 0 Å². The summed E-state index contributed by atoms with van der Waals surface area (Å²) in [6.45, 7) is 2.26. The second kappa shape index (κ2) is 5.57. The quantitative estimate of drug-likeness (QED) is 0.867. The molecule has 6 heteroatoms. The number of rotatable bonds is 4. The third-order valence-corrected chi connectivity index (χ3v) is 4.40. The number of halogens is 1. The molecule has 0 fully saturated rings. The van der Waals surface area contributed by atoms with Gasteiger partial charge in [-0.15, -0.1) is 10.2 Å². The van der Waals surface area contributed by atoms with Crippen LogP contribution in [-0.2, 0) is 0 Å². The summed E-state index contributed by atoms with van der Waals surface area (Å²) in [5, 5.41) is 8.72. The van der Waals surface area contributed by atoms with Crippen molar-refractivity contribution in [3.63, 3.8) is 0 Å². The third-order valence-electron chi connectivity index (χ3n) is 2.22. The summed E-state index contributed by atoms with van der Waals surface area (Å²) < 4.78 is 14.5. The Hall–Kier alpha value is -0.980. The molecule has 1 heterocycles. The maximum atomic E-state index is 13.6. The monoisotopic (exact) mass is 269 g/mol. The lowest BCUT2D eigenvalue weighted by Crippen LogP contribution is -2.10. The molecule has 1 aromatic heterocycles. The van der Waals surface area contributed by atoms with E-state index in [0.29, 0.717) is 12.1 Å². The van der Waals surface area contributed by atoms with Gasteiger partial charge in [-0.1, -0.05) is 41.3 Å². The zero-order valence-corrected chi connectivity index (χ0v) is 10.9. The molecule has 2 N–H and O–H groups in total. The van der Waals surface area contributed by atoms with Crippen molar-refractivity contribution < 1.29 is 4.39 Å². The molecule has 3 nitrogen and oxygen atoms in total. The van der Waals surface area contributed by atoms with E-state index in [1.807, 2.05) is 13.0 Å². The lowest BCUT2D eigenvalue weighted by molar-refractivity contribution is 0.608. The number of nitrogens with zero attached hydrogens (tertiary/aromatic N) is 2. The van der Waals surface area contributed by atoms with Crippen molar-refractivity contribution >= 4 is 23.1 Å². The fourth-order valence-corrected chi connectivity index (χ4v) is 3.49. The summed E-state index contributed by atoms with van der Waals surface area (Å²) in [7, 11) is 0. The van der Waals surface area contributed by atoms with Crippen molar-refractivity contribution in [1.82, 2.24) is 10.2 Å². The lowest BCUT2D eigenvalue weighted by atomic mass is 10.1. The first-order valence-corrected chi connectivity index (χ1v) is 6.81. The van der Waals surface area contributed by atoms with Gasteiger partial charge in [-0.2, -0.15) is 0 Å². The molecule has 0 aliphatic carbocycles. The largest absolute Gasteiger partial charge is 0.329 e. The van der Waals surface area contributed by atoms with Crippen molar-refractivity contribution in [2.75, 3.05) is 6.54 Å². The maximum absolute atomic E-state index is 13.6. The molecule has 0 amide bonds. The summed E-state index contributed by atoms with van der Waals surface area (Å²) in [4.78, 5) is 0. The van der Waals surface area contributed by atoms with Gasteiger partial charge in [0.05, 0.1) is 5.25 Å². The van der Waals surface area contributed by atoms with E-state index in [-0.39, 0.29) is 11.1 Å². The van der Waals surface area contributed by atoms with Gasteiger partial charge < -0.3 is 5.73 Å². The van der Waals surface area contributed by atoms with Crippen LogP contribution in [0.1, 0.15) is 15.8 Å². The minimum Gasteiger partial charge on any atom is -0.329 e. The first-order valence-electron chi connectivity index (χ1n) is 5.12. The van der Waals surface area contributed by atoms with Crippen molar-refractivity contribution in [2.24, 2.45) is 5.73 Å². The average molecular weight is 269 g/mol. The molecule has 1 unspecified atom stereocenters. The Balaban J connectivity index is 2.20. The minimum atomic E-state index is -0.225. The first kappa shape index (κ1) is 12.5. The van der Waals surface area contributed by atoms with Crippen molar-refractivity contribution in [1.29, 1.82) is 0 Å². The Morgan fingerprint density at radius 1 is 1.41 bits per heavy atom. The Labute approximate surface area is 107 Å². The van der Waals surface area contributed by atoms with Gasteiger partial charge in [-0.25, -0.2) is 4.39 Å². The number of hydrogen-bond donors (Lipinski definition) is 1. The number of aromatic nitrogens is 2. The van der Waals surface area contributed by atoms with Gasteiger partial charge in [-0.05, 0) is 13.0 Å². The lowest BCUT2D eigenvalue weighted by Gasteiger charge is -2.13. The maximum Gasteiger partial charge on any atom is 0.174 e. The molecule has 1 aromatic carbocycles. The zero-order chi connectivity index (χ0) is 12.3. The van der Waals surface area contributed by atoms with Crippen LogP contribution >= 0.6 is 23.1 Å². The Kier molecular flexibility index (Phi) is 4.09. The number of aryl methyl sites for hydroxylation is 1. The molecule has 0 radical (unpaired) electrons. The molecular formula is C11H12FN3S2. The van der Waals surface area contributed by atoms with Gasteiger partial charge in [0.1, 0.15) is 10.8 Å². The highest BCUT2D eigenvalue weighted by molar-refractivity contribution is 8.01. The number of hydrogen-bond acceptors (Lipinski definition) is 5. The number of thioether (sulfide) groups is 1. The standard InChI is InChI=1S/C11H12FN3S2/c1-7-14-15-11(16-7)17-10(6-13)8-4-2-3-5-9(8)12/h2-5,10H,6,13H2,1H3. The van der Waals surface area contributed by atoms with E-state index < -0.39 is 0 Å². The van der Waals surface area contributed by atoms with Crippen molar-refractivity contribution in [3.05, 3.63) is 40.7 Å². The molecule has 0 saturated carbocycles. The second-order valence-corrected chi connectivity index (χ2v) is 6.08. The molecule has 0 saturated heterocycles. The number of benzene rings is 1. The minimum absolute atomic E-state index is 0.122. The molecule has 2 rings (SSSR count). The molecule has 17 heavy (non-hydrogen) atoms.